The van der Waals surface area contributed by atoms with E-state index in [0.717, 1.165) is 0 Å². The number of nitrogens with one attached hydrogen (secondary N) is 1. The summed E-state index contributed by atoms with van der Waals surface area (Å²) in [6.45, 7) is 1.28. The van der Waals surface area contributed by atoms with Crippen molar-refractivity contribution in [3.8, 4) is 5.75 Å². The van der Waals surface area contributed by atoms with Crippen LogP contribution in [-0.4, -0.2) is 27.2 Å². The van der Waals surface area contributed by atoms with Crippen LogP contribution in [0.3, 0.4) is 0 Å². The van der Waals surface area contributed by atoms with E-state index in [2.05, 4.69) is 4.72 Å². The number of ether oxygens (including phenoxy) is 1. The van der Waals surface area contributed by atoms with Gasteiger partial charge in [0.2, 0.25) is 10.0 Å². The summed E-state index contributed by atoms with van der Waals surface area (Å²) in [6, 6.07) is 9.19. The van der Waals surface area contributed by atoms with Gasteiger partial charge < -0.3 is 14.3 Å². The summed E-state index contributed by atoms with van der Waals surface area (Å²) in [4.78, 5) is 0.0959. The van der Waals surface area contributed by atoms with E-state index in [4.69, 9.17) is 9.15 Å². The van der Waals surface area contributed by atoms with E-state index >= 15 is 0 Å². The van der Waals surface area contributed by atoms with Gasteiger partial charge in [-0.15, -0.1) is 0 Å². The van der Waals surface area contributed by atoms with Crippen LogP contribution in [0.2, 0.25) is 0 Å². The number of benzene rings is 1. The van der Waals surface area contributed by atoms with E-state index in [-0.39, 0.29) is 11.4 Å². The third-order valence-electron chi connectivity index (χ3n) is 3.03. The Morgan fingerprint density at radius 2 is 1.95 bits per heavy atom. The van der Waals surface area contributed by atoms with Crippen LogP contribution in [0.5, 0.6) is 5.75 Å². The summed E-state index contributed by atoms with van der Waals surface area (Å²) >= 11 is 0. The molecule has 1 unspecified atom stereocenters. The molecule has 114 valence electrons. The van der Waals surface area contributed by atoms with E-state index in [1.807, 2.05) is 0 Å². The van der Waals surface area contributed by atoms with Crippen molar-refractivity contribution in [2.45, 2.75) is 17.4 Å². The van der Waals surface area contributed by atoms with Crippen molar-refractivity contribution in [3.05, 3.63) is 48.4 Å². The molecule has 1 atom stereocenters. The molecule has 1 aromatic heterocycles. The number of sulfonamides is 1. The average Bonchev–Trinajstić information content (AvgIpc) is 3.01. The highest BCUT2D eigenvalue weighted by Gasteiger charge is 2.28. The van der Waals surface area contributed by atoms with Gasteiger partial charge in [0.05, 0.1) is 18.3 Å². The topological polar surface area (TPSA) is 88.8 Å². The van der Waals surface area contributed by atoms with Crippen molar-refractivity contribution in [2.75, 3.05) is 13.7 Å². The summed E-state index contributed by atoms with van der Waals surface area (Å²) in [6.07, 6.45) is 1.42. The van der Waals surface area contributed by atoms with Gasteiger partial charge in [-0.3, -0.25) is 0 Å². The molecule has 2 aromatic rings. The van der Waals surface area contributed by atoms with Gasteiger partial charge >= 0.3 is 0 Å². The maximum absolute atomic E-state index is 12.2. The van der Waals surface area contributed by atoms with Gasteiger partial charge in [0.1, 0.15) is 17.1 Å². The summed E-state index contributed by atoms with van der Waals surface area (Å²) in [5.41, 5.74) is -1.43. The first kappa shape index (κ1) is 15.6. The highest BCUT2D eigenvalue weighted by Crippen LogP contribution is 2.21. The van der Waals surface area contributed by atoms with Crippen LogP contribution < -0.4 is 9.46 Å². The number of hydrogen-bond donors (Lipinski definition) is 2. The fourth-order valence-electron chi connectivity index (χ4n) is 1.75. The normalized spacial score (nSPS) is 14.6. The van der Waals surface area contributed by atoms with E-state index in [1.165, 1.54) is 32.4 Å². The van der Waals surface area contributed by atoms with Gasteiger partial charge in [-0.2, -0.15) is 0 Å². The molecule has 0 aliphatic carbocycles. The van der Waals surface area contributed by atoms with Crippen molar-refractivity contribution >= 4 is 10.0 Å². The number of hydrogen-bond acceptors (Lipinski definition) is 5. The summed E-state index contributed by atoms with van der Waals surface area (Å²) in [7, 11) is -2.21. The molecular formula is C14H17NO5S. The van der Waals surface area contributed by atoms with Crippen molar-refractivity contribution in [1.82, 2.24) is 4.72 Å². The van der Waals surface area contributed by atoms with Crippen LogP contribution in [-0.2, 0) is 15.6 Å². The number of aliphatic hydroxyl groups is 1. The molecule has 0 saturated heterocycles. The van der Waals surface area contributed by atoms with Crippen molar-refractivity contribution < 1.29 is 22.7 Å². The first-order valence-corrected chi connectivity index (χ1v) is 7.73. The quantitative estimate of drug-likeness (QED) is 0.843. The first-order chi connectivity index (χ1) is 9.85. The second kappa shape index (κ2) is 5.88. The molecule has 6 nitrogen and oxygen atoms in total. The fourth-order valence-corrected chi connectivity index (χ4v) is 2.88. The summed E-state index contributed by atoms with van der Waals surface area (Å²) in [5.74, 6) is 0.858. The van der Waals surface area contributed by atoms with Crippen LogP contribution in [0.4, 0.5) is 0 Å². The minimum atomic E-state index is -3.72. The van der Waals surface area contributed by atoms with Crippen LogP contribution in [0, 0.1) is 0 Å². The predicted molar refractivity (Wildman–Crippen MR) is 76.5 cm³/mol. The molecule has 0 amide bonds. The molecule has 0 bridgehead atoms. The third-order valence-corrected chi connectivity index (χ3v) is 4.45. The van der Waals surface area contributed by atoms with Gasteiger partial charge in [-0.05, 0) is 43.3 Å². The Balaban J connectivity index is 2.10. The largest absolute Gasteiger partial charge is 0.497 e. The zero-order valence-electron chi connectivity index (χ0n) is 11.7. The third kappa shape index (κ3) is 3.63. The molecule has 0 aliphatic rings. The molecule has 21 heavy (non-hydrogen) atoms. The lowest BCUT2D eigenvalue weighted by atomic mass is 10.1. The molecule has 0 radical (unpaired) electrons. The molecule has 7 heteroatoms. The monoisotopic (exact) mass is 311 g/mol. The van der Waals surface area contributed by atoms with E-state index < -0.39 is 15.6 Å². The lowest BCUT2D eigenvalue weighted by Gasteiger charge is -2.21. The van der Waals surface area contributed by atoms with Crippen molar-refractivity contribution in [3.63, 3.8) is 0 Å². The number of rotatable bonds is 6. The molecule has 0 aliphatic heterocycles. The highest BCUT2D eigenvalue weighted by molar-refractivity contribution is 7.89. The molecule has 1 aromatic carbocycles. The lowest BCUT2D eigenvalue weighted by molar-refractivity contribution is 0.0395. The number of methoxy groups -OCH3 is 1. The average molecular weight is 311 g/mol. The van der Waals surface area contributed by atoms with Crippen LogP contribution in [0.15, 0.2) is 52.0 Å². The van der Waals surface area contributed by atoms with Gasteiger partial charge in [0.25, 0.3) is 0 Å². The molecule has 2 N–H and O–H groups in total. The second-order valence-electron chi connectivity index (χ2n) is 4.75. The SMILES string of the molecule is COc1ccc(S(=O)(=O)NCC(C)(O)c2ccco2)cc1. The Labute approximate surface area is 123 Å². The Kier molecular flexibility index (Phi) is 4.36. The van der Waals surface area contributed by atoms with Crippen LogP contribution in [0.1, 0.15) is 12.7 Å². The molecule has 0 spiro atoms. The fraction of sp³-hybridized carbons (Fsp3) is 0.286. The molecule has 0 saturated carbocycles. The smallest absolute Gasteiger partial charge is 0.240 e. The maximum atomic E-state index is 12.2. The predicted octanol–water partition coefficient (Wildman–Crippen LogP) is 1.47. The molecular weight excluding hydrogens is 294 g/mol. The standard InChI is InChI=1S/C14H17NO5S/c1-14(16,13-4-3-9-20-13)10-15-21(17,18)12-7-5-11(19-2)6-8-12/h3-9,15-16H,10H2,1-2H3. The highest BCUT2D eigenvalue weighted by atomic mass is 32.2. The number of furan rings is 1. The summed E-state index contributed by atoms with van der Waals surface area (Å²) < 4.78 is 36.7. The van der Waals surface area contributed by atoms with Gasteiger partial charge in [0, 0.05) is 6.54 Å². The summed E-state index contributed by atoms with van der Waals surface area (Å²) in [5, 5.41) is 10.2. The minimum Gasteiger partial charge on any atom is -0.497 e. The minimum absolute atomic E-state index is 0.0959. The zero-order valence-corrected chi connectivity index (χ0v) is 12.6. The maximum Gasteiger partial charge on any atom is 0.240 e. The van der Waals surface area contributed by atoms with Gasteiger partial charge in [-0.25, -0.2) is 13.1 Å². The van der Waals surface area contributed by atoms with Gasteiger partial charge in [0.15, 0.2) is 0 Å². The Morgan fingerprint density at radius 3 is 2.48 bits per heavy atom. The van der Waals surface area contributed by atoms with Gasteiger partial charge in [-0.1, -0.05) is 0 Å². The van der Waals surface area contributed by atoms with Crippen molar-refractivity contribution in [1.29, 1.82) is 0 Å². The molecule has 2 rings (SSSR count). The Morgan fingerprint density at radius 1 is 1.29 bits per heavy atom. The zero-order chi connectivity index (χ0) is 15.5. The first-order valence-electron chi connectivity index (χ1n) is 6.25. The van der Waals surface area contributed by atoms with Crippen molar-refractivity contribution in [2.24, 2.45) is 0 Å². The second-order valence-corrected chi connectivity index (χ2v) is 6.52. The Bertz CT molecular complexity index is 675. The van der Waals surface area contributed by atoms with E-state index in [0.29, 0.717) is 11.5 Å². The van der Waals surface area contributed by atoms with Crippen LogP contribution in [0.25, 0.3) is 0 Å². The van der Waals surface area contributed by atoms with E-state index in [9.17, 15) is 13.5 Å². The molecule has 0 fully saturated rings. The van der Waals surface area contributed by atoms with Crippen LogP contribution >= 0.6 is 0 Å². The molecule has 1 heterocycles. The van der Waals surface area contributed by atoms with E-state index in [1.54, 1.807) is 24.3 Å². The Hall–Kier alpha value is -1.83. The lowest BCUT2D eigenvalue weighted by Crippen LogP contribution is -2.38.